The van der Waals surface area contributed by atoms with Crippen LogP contribution in [0.1, 0.15) is 53.9 Å². The first kappa shape index (κ1) is 28.5. The number of aliphatic hydroxyl groups is 3. The number of nitrogens with one attached hydrogen (secondary N) is 2. The summed E-state index contributed by atoms with van der Waals surface area (Å²) in [6, 6.07) is -1.51. The summed E-state index contributed by atoms with van der Waals surface area (Å²) >= 11 is 0. The van der Waals surface area contributed by atoms with Crippen LogP contribution >= 0.6 is 21.6 Å². The Bertz CT molecular complexity index is 574. The number of amides is 2. The molecule has 0 saturated carbocycles. The van der Waals surface area contributed by atoms with Gasteiger partial charge in [0.15, 0.2) is 12.4 Å². The summed E-state index contributed by atoms with van der Waals surface area (Å²) in [5, 5.41) is 34.5. The number of ether oxygens (including phenoxy) is 1. The van der Waals surface area contributed by atoms with E-state index < -0.39 is 42.6 Å². The molecule has 1 aliphatic heterocycles. The molecule has 0 spiro atoms. The maximum Gasteiger partial charge on any atom is 0.252 e. The predicted molar refractivity (Wildman–Crippen MR) is 124 cm³/mol. The minimum Gasteiger partial charge on any atom is -0.390 e. The molecular formula is C20H39N3O6S2. The molecule has 9 nitrogen and oxygen atoms in total. The van der Waals surface area contributed by atoms with E-state index in [0.717, 1.165) is 0 Å². The van der Waals surface area contributed by atoms with E-state index in [1.165, 1.54) is 0 Å². The zero-order valence-corrected chi connectivity index (χ0v) is 20.7. The third-order valence-corrected chi connectivity index (χ3v) is 7.92. The Balaban J connectivity index is 2.52. The van der Waals surface area contributed by atoms with Crippen molar-refractivity contribution in [2.75, 3.05) is 12.3 Å². The van der Waals surface area contributed by atoms with Crippen LogP contribution in [-0.2, 0) is 14.3 Å². The standard InChI is InChI=1S/C20H39N3O6S2/c1-11(2)8-14(19(27)28)23-18(26)16-15(24)7-6-12(29-16)9-22-17(25)13(21)10-30-31-20(3,4)5/h11-16,19,24,27-28H,6-10,21H2,1-5H3,(H,22,25)(H,23,26)/t12-,13+,14+,15+,16+/m1/s1. The Morgan fingerprint density at radius 2 is 1.87 bits per heavy atom. The molecule has 0 aliphatic carbocycles. The summed E-state index contributed by atoms with van der Waals surface area (Å²) in [7, 11) is 3.21. The largest absolute Gasteiger partial charge is 0.390 e. The Labute approximate surface area is 193 Å². The highest BCUT2D eigenvalue weighted by Gasteiger charge is 2.37. The first-order valence-corrected chi connectivity index (χ1v) is 13.0. The van der Waals surface area contributed by atoms with Gasteiger partial charge in [-0.1, -0.05) is 56.2 Å². The monoisotopic (exact) mass is 481 g/mol. The van der Waals surface area contributed by atoms with E-state index in [-0.39, 0.29) is 23.1 Å². The molecule has 0 aromatic rings. The van der Waals surface area contributed by atoms with Crippen molar-refractivity contribution in [3.63, 3.8) is 0 Å². The van der Waals surface area contributed by atoms with Crippen molar-refractivity contribution in [1.29, 1.82) is 0 Å². The lowest BCUT2D eigenvalue weighted by Gasteiger charge is -2.34. The minimum absolute atomic E-state index is 0.0769. The second-order valence-electron chi connectivity index (χ2n) is 9.31. The molecule has 11 heteroatoms. The third-order valence-electron chi connectivity index (χ3n) is 4.54. The number of nitrogens with two attached hydrogens (primary N) is 1. The number of carbonyl (C=O) groups excluding carboxylic acids is 2. The third kappa shape index (κ3) is 11.2. The van der Waals surface area contributed by atoms with Crippen LogP contribution in [-0.4, -0.2) is 80.9 Å². The van der Waals surface area contributed by atoms with Gasteiger partial charge in [0.05, 0.1) is 24.3 Å². The van der Waals surface area contributed by atoms with Crippen molar-refractivity contribution in [3.8, 4) is 0 Å². The van der Waals surface area contributed by atoms with Crippen molar-refractivity contribution >= 4 is 33.4 Å². The molecule has 7 N–H and O–H groups in total. The average Bonchev–Trinajstić information content (AvgIpc) is 2.64. The highest BCUT2D eigenvalue weighted by Crippen LogP contribution is 2.35. The van der Waals surface area contributed by atoms with Gasteiger partial charge in [0.1, 0.15) is 0 Å². The lowest BCUT2D eigenvalue weighted by atomic mass is 9.98. The fraction of sp³-hybridized carbons (Fsp3) is 0.900. The molecule has 0 aromatic heterocycles. The molecule has 0 radical (unpaired) electrons. The van der Waals surface area contributed by atoms with Crippen LogP contribution in [0.15, 0.2) is 0 Å². The molecule has 5 atom stereocenters. The highest BCUT2D eigenvalue weighted by molar-refractivity contribution is 8.77. The van der Waals surface area contributed by atoms with Crippen LogP contribution < -0.4 is 16.4 Å². The predicted octanol–water partition coefficient (Wildman–Crippen LogP) is 0.360. The topological polar surface area (TPSA) is 154 Å². The summed E-state index contributed by atoms with van der Waals surface area (Å²) in [4.78, 5) is 24.8. The second kappa shape index (κ2) is 13.2. The number of aliphatic hydroxyl groups excluding tert-OH is 2. The van der Waals surface area contributed by atoms with Crippen LogP contribution in [0.4, 0.5) is 0 Å². The summed E-state index contributed by atoms with van der Waals surface area (Å²) in [5.74, 6) is -0.284. The SMILES string of the molecule is CC(C)C[C@H](NC(=O)[C@H]1O[C@@H](CNC(=O)[C@@H](N)CSSC(C)(C)C)CC[C@@H]1O)C(O)O. The van der Waals surface area contributed by atoms with Crippen molar-refractivity contribution in [3.05, 3.63) is 0 Å². The molecule has 1 saturated heterocycles. The van der Waals surface area contributed by atoms with Crippen LogP contribution in [0.25, 0.3) is 0 Å². The van der Waals surface area contributed by atoms with E-state index in [9.17, 15) is 24.9 Å². The fourth-order valence-corrected chi connectivity index (χ4v) is 5.42. The summed E-state index contributed by atoms with van der Waals surface area (Å²) in [6.07, 6.45) is -3.12. The van der Waals surface area contributed by atoms with Gasteiger partial charge in [-0.2, -0.15) is 0 Å². The maximum atomic E-state index is 12.6. The number of carbonyl (C=O) groups is 2. The normalized spacial score (nSPS) is 24.2. The van der Waals surface area contributed by atoms with Gasteiger partial charge in [0, 0.05) is 17.0 Å². The molecule has 182 valence electrons. The number of rotatable bonds is 11. The Morgan fingerprint density at radius 1 is 1.23 bits per heavy atom. The lowest BCUT2D eigenvalue weighted by Crippen LogP contribution is -2.55. The number of hydrogen-bond acceptors (Lipinski definition) is 9. The van der Waals surface area contributed by atoms with Crippen LogP contribution in [0.2, 0.25) is 0 Å². The molecule has 0 aromatic carbocycles. The lowest BCUT2D eigenvalue weighted by molar-refractivity contribution is -0.161. The molecule has 0 bridgehead atoms. The van der Waals surface area contributed by atoms with Crippen LogP contribution in [0.3, 0.4) is 0 Å². The molecule has 1 heterocycles. The van der Waals surface area contributed by atoms with E-state index in [1.807, 2.05) is 13.8 Å². The fourth-order valence-electron chi connectivity index (χ4n) is 2.99. The molecule has 31 heavy (non-hydrogen) atoms. The van der Waals surface area contributed by atoms with E-state index in [4.69, 9.17) is 10.5 Å². The highest BCUT2D eigenvalue weighted by atomic mass is 33.1. The smallest absolute Gasteiger partial charge is 0.252 e. The van der Waals surface area contributed by atoms with Crippen LogP contribution in [0, 0.1) is 5.92 Å². The Hall–Kier alpha value is -0.560. The Kier molecular flexibility index (Phi) is 12.1. The van der Waals surface area contributed by atoms with Gasteiger partial charge in [0.25, 0.3) is 5.91 Å². The van der Waals surface area contributed by atoms with Crippen molar-refractivity contribution in [2.45, 2.75) is 95.3 Å². The molecule has 1 fully saturated rings. The van der Waals surface area contributed by atoms with Crippen molar-refractivity contribution < 1.29 is 29.6 Å². The average molecular weight is 482 g/mol. The van der Waals surface area contributed by atoms with Gasteiger partial charge >= 0.3 is 0 Å². The molecule has 1 aliphatic rings. The van der Waals surface area contributed by atoms with E-state index in [1.54, 1.807) is 21.6 Å². The van der Waals surface area contributed by atoms with Gasteiger partial charge in [0.2, 0.25) is 5.91 Å². The summed E-state index contributed by atoms with van der Waals surface area (Å²) < 4.78 is 5.79. The summed E-state index contributed by atoms with van der Waals surface area (Å²) in [6.45, 7) is 10.2. The maximum absolute atomic E-state index is 12.6. The van der Waals surface area contributed by atoms with Gasteiger partial charge in [-0.15, -0.1) is 0 Å². The zero-order chi connectivity index (χ0) is 23.8. The van der Waals surface area contributed by atoms with Gasteiger partial charge in [-0.05, 0) is 25.2 Å². The van der Waals surface area contributed by atoms with Gasteiger partial charge < -0.3 is 36.4 Å². The van der Waals surface area contributed by atoms with E-state index in [0.29, 0.717) is 25.0 Å². The van der Waals surface area contributed by atoms with E-state index >= 15 is 0 Å². The molecule has 1 rings (SSSR count). The summed E-state index contributed by atoms with van der Waals surface area (Å²) in [5.41, 5.74) is 5.94. The quantitative estimate of drug-likeness (QED) is 0.181. The zero-order valence-electron chi connectivity index (χ0n) is 19.0. The molecule has 0 unspecified atom stereocenters. The first-order valence-electron chi connectivity index (χ1n) is 10.6. The second-order valence-corrected chi connectivity index (χ2v) is 12.5. The van der Waals surface area contributed by atoms with Gasteiger partial charge in [-0.3, -0.25) is 9.59 Å². The molecular weight excluding hydrogens is 442 g/mol. The molecule has 2 amide bonds. The van der Waals surface area contributed by atoms with E-state index in [2.05, 4.69) is 31.4 Å². The van der Waals surface area contributed by atoms with Gasteiger partial charge in [-0.25, -0.2) is 0 Å². The Morgan fingerprint density at radius 3 is 2.42 bits per heavy atom. The minimum atomic E-state index is -1.71. The van der Waals surface area contributed by atoms with Crippen molar-refractivity contribution in [1.82, 2.24) is 10.6 Å². The number of hydrogen-bond donors (Lipinski definition) is 6. The van der Waals surface area contributed by atoms with Crippen LogP contribution in [0.5, 0.6) is 0 Å². The first-order chi connectivity index (χ1) is 14.3. The van der Waals surface area contributed by atoms with Crippen molar-refractivity contribution in [2.24, 2.45) is 11.7 Å².